The topological polar surface area (TPSA) is 35.5 Å². The molecule has 1 rings (SSSR count). The highest BCUT2D eigenvalue weighted by Crippen LogP contribution is 2.29. The number of rotatable bonds is 6. The minimum Gasteiger partial charge on any atom is -0.394 e. The molecule has 0 aromatic heterocycles. The van der Waals surface area contributed by atoms with Gasteiger partial charge in [0.1, 0.15) is 0 Å². The van der Waals surface area contributed by atoms with Gasteiger partial charge < -0.3 is 15.3 Å². The minimum atomic E-state index is -0.276. The summed E-state index contributed by atoms with van der Waals surface area (Å²) in [5, 5.41) is 12.8. The standard InChI is InChI=1S/C14H23BrN2O/c1-5-16-9-11-6-7-12(15)8-13(11)17(4)14(2,3)10-18/h6-8,16,18H,5,9-10H2,1-4H3. The quantitative estimate of drug-likeness (QED) is 0.847. The van der Waals surface area contributed by atoms with Crippen molar-refractivity contribution in [3.8, 4) is 0 Å². The summed E-state index contributed by atoms with van der Waals surface area (Å²) in [5.74, 6) is 0. The number of nitrogens with zero attached hydrogens (tertiary/aromatic N) is 1. The molecule has 0 radical (unpaired) electrons. The van der Waals surface area contributed by atoms with Gasteiger partial charge in [-0.1, -0.05) is 28.9 Å². The van der Waals surface area contributed by atoms with Gasteiger partial charge in [-0.3, -0.25) is 0 Å². The van der Waals surface area contributed by atoms with Gasteiger partial charge in [0.15, 0.2) is 0 Å². The Hall–Kier alpha value is -0.580. The highest BCUT2D eigenvalue weighted by molar-refractivity contribution is 9.10. The maximum atomic E-state index is 9.49. The maximum absolute atomic E-state index is 9.49. The Morgan fingerprint density at radius 1 is 1.39 bits per heavy atom. The van der Waals surface area contributed by atoms with E-state index in [1.807, 2.05) is 20.9 Å². The SMILES string of the molecule is CCNCc1ccc(Br)cc1N(C)C(C)(C)CO. The van der Waals surface area contributed by atoms with Crippen molar-refractivity contribution in [3.63, 3.8) is 0 Å². The van der Waals surface area contributed by atoms with Crippen LogP contribution in [0.15, 0.2) is 22.7 Å². The number of anilines is 1. The highest BCUT2D eigenvalue weighted by atomic mass is 79.9. The van der Waals surface area contributed by atoms with Crippen molar-refractivity contribution < 1.29 is 5.11 Å². The van der Waals surface area contributed by atoms with Crippen LogP contribution in [0.25, 0.3) is 0 Å². The molecule has 0 heterocycles. The molecule has 4 heteroatoms. The van der Waals surface area contributed by atoms with Crippen LogP contribution in [-0.2, 0) is 6.54 Å². The lowest BCUT2D eigenvalue weighted by molar-refractivity contribution is 0.216. The largest absolute Gasteiger partial charge is 0.394 e. The van der Waals surface area contributed by atoms with Gasteiger partial charge in [-0.05, 0) is 38.1 Å². The first-order chi connectivity index (χ1) is 8.42. The monoisotopic (exact) mass is 314 g/mol. The van der Waals surface area contributed by atoms with E-state index in [0.29, 0.717) is 0 Å². The second-order valence-electron chi connectivity index (χ2n) is 5.08. The first-order valence-corrected chi connectivity index (χ1v) is 7.05. The predicted molar refractivity (Wildman–Crippen MR) is 81.1 cm³/mol. The van der Waals surface area contributed by atoms with Crippen molar-refractivity contribution >= 4 is 21.6 Å². The molecule has 0 aliphatic rings. The fourth-order valence-electron chi connectivity index (χ4n) is 1.69. The van der Waals surface area contributed by atoms with E-state index in [0.717, 1.165) is 23.2 Å². The number of benzene rings is 1. The van der Waals surface area contributed by atoms with E-state index in [1.165, 1.54) is 5.56 Å². The number of hydrogen-bond donors (Lipinski definition) is 2. The second kappa shape index (κ2) is 6.55. The number of hydrogen-bond acceptors (Lipinski definition) is 3. The summed E-state index contributed by atoms with van der Waals surface area (Å²) in [7, 11) is 2.02. The molecule has 0 aliphatic heterocycles. The Morgan fingerprint density at radius 2 is 2.06 bits per heavy atom. The van der Waals surface area contributed by atoms with Gasteiger partial charge in [-0.25, -0.2) is 0 Å². The third-order valence-electron chi connectivity index (χ3n) is 3.27. The van der Waals surface area contributed by atoms with Crippen LogP contribution in [0.4, 0.5) is 5.69 Å². The Morgan fingerprint density at radius 3 is 2.61 bits per heavy atom. The summed E-state index contributed by atoms with van der Waals surface area (Å²) in [6, 6.07) is 6.27. The number of likely N-dealkylation sites (N-methyl/N-ethyl adjacent to an activating group) is 1. The lowest BCUT2D eigenvalue weighted by atomic mass is 10.0. The number of aliphatic hydroxyl groups excluding tert-OH is 1. The third kappa shape index (κ3) is 3.70. The van der Waals surface area contributed by atoms with Gasteiger partial charge in [0.2, 0.25) is 0 Å². The average molecular weight is 315 g/mol. The van der Waals surface area contributed by atoms with E-state index in [-0.39, 0.29) is 12.1 Å². The van der Waals surface area contributed by atoms with E-state index in [1.54, 1.807) is 0 Å². The van der Waals surface area contributed by atoms with Gasteiger partial charge in [-0.15, -0.1) is 0 Å². The Kier molecular flexibility index (Phi) is 5.63. The molecule has 0 spiro atoms. The maximum Gasteiger partial charge on any atom is 0.0658 e. The van der Waals surface area contributed by atoms with E-state index < -0.39 is 0 Å². The van der Waals surface area contributed by atoms with Gasteiger partial charge in [0.25, 0.3) is 0 Å². The molecule has 0 saturated heterocycles. The summed E-state index contributed by atoms with van der Waals surface area (Å²) in [5.41, 5.74) is 2.11. The number of halogens is 1. The van der Waals surface area contributed by atoms with Crippen LogP contribution in [0, 0.1) is 0 Å². The first-order valence-electron chi connectivity index (χ1n) is 6.26. The second-order valence-corrected chi connectivity index (χ2v) is 6.00. The Bertz CT molecular complexity index is 393. The summed E-state index contributed by atoms with van der Waals surface area (Å²) >= 11 is 3.51. The molecule has 3 nitrogen and oxygen atoms in total. The van der Waals surface area contributed by atoms with Crippen molar-refractivity contribution in [2.45, 2.75) is 32.9 Å². The molecular weight excluding hydrogens is 292 g/mol. The summed E-state index contributed by atoms with van der Waals surface area (Å²) in [4.78, 5) is 2.13. The van der Waals surface area contributed by atoms with E-state index in [9.17, 15) is 5.11 Å². The molecule has 0 fully saturated rings. The van der Waals surface area contributed by atoms with Crippen LogP contribution < -0.4 is 10.2 Å². The van der Waals surface area contributed by atoms with Gasteiger partial charge in [-0.2, -0.15) is 0 Å². The molecule has 0 aliphatic carbocycles. The molecule has 0 atom stereocenters. The van der Waals surface area contributed by atoms with E-state index in [2.05, 4.69) is 51.3 Å². The molecule has 102 valence electrons. The van der Waals surface area contributed by atoms with Crippen LogP contribution in [0.2, 0.25) is 0 Å². The lowest BCUT2D eigenvalue weighted by Gasteiger charge is -2.37. The van der Waals surface area contributed by atoms with E-state index in [4.69, 9.17) is 0 Å². The predicted octanol–water partition coefficient (Wildman–Crippen LogP) is 2.77. The normalized spacial score (nSPS) is 11.7. The summed E-state index contributed by atoms with van der Waals surface area (Å²) in [6.07, 6.45) is 0. The third-order valence-corrected chi connectivity index (χ3v) is 3.76. The Balaban J connectivity index is 3.08. The van der Waals surface area contributed by atoms with Crippen LogP contribution in [-0.4, -0.2) is 30.8 Å². The molecular formula is C14H23BrN2O. The molecule has 0 unspecified atom stereocenters. The highest BCUT2D eigenvalue weighted by Gasteiger charge is 2.24. The molecule has 0 bridgehead atoms. The smallest absolute Gasteiger partial charge is 0.0658 e. The van der Waals surface area contributed by atoms with Crippen LogP contribution >= 0.6 is 15.9 Å². The van der Waals surface area contributed by atoms with Crippen LogP contribution in [0.1, 0.15) is 26.3 Å². The zero-order valence-corrected chi connectivity index (χ0v) is 13.2. The Labute approximate surface area is 118 Å². The number of nitrogens with one attached hydrogen (secondary N) is 1. The van der Waals surface area contributed by atoms with E-state index >= 15 is 0 Å². The van der Waals surface area contributed by atoms with Crippen LogP contribution in [0.3, 0.4) is 0 Å². The molecule has 1 aromatic carbocycles. The van der Waals surface area contributed by atoms with Crippen molar-refractivity contribution in [3.05, 3.63) is 28.2 Å². The molecule has 0 amide bonds. The fourth-order valence-corrected chi connectivity index (χ4v) is 2.04. The number of aliphatic hydroxyl groups is 1. The van der Waals surface area contributed by atoms with Crippen LogP contribution in [0.5, 0.6) is 0 Å². The van der Waals surface area contributed by atoms with Gasteiger partial charge in [0, 0.05) is 23.8 Å². The minimum absolute atomic E-state index is 0.122. The van der Waals surface area contributed by atoms with Crippen molar-refractivity contribution in [1.82, 2.24) is 5.32 Å². The summed E-state index contributed by atoms with van der Waals surface area (Å²) in [6.45, 7) is 8.07. The lowest BCUT2D eigenvalue weighted by Crippen LogP contribution is -2.45. The molecule has 1 aromatic rings. The molecule has 0 saturated carbocycles. The average Bonchev–Trinajstić information content (AvgIpc) is 2.36. The van der Waals surface area contributed by atoms with Gasteiger partial charge in [0.05, 0.1) is 12.1 Å². The van der Waals surface area contributed by atoms with Crippen molar-refractivity contribution in [2.75, 3.05) is 25.1 Å². The fraction of sp³-hybridized carbons (Fsp3) is 0.571. The van der Waals surface area contributed by atoms with Crippen molar-refractivity contribution in [2.24, 2.45) is 0 Å². The molecule has 18 heavy (non-hydrogen) atoms. The van der Waals surface area contributed by atoms with Gasteiger partial charge >= 0.3 is 0 Å². The zero-order valence-electron chi connectivity index (χ0n) is 11.6. The zero-order chi connectivity index (χ0) is 13.8. The first kappa shape index (κ1) is 15.5. The van der Waals surface area contributed by atoms with Crippen molar-refractivity contribution in [1.29, 1.82) is 0 Å². The summed E-state index contributed by atoms with van der Waals surface area (Å²) < 4.78 is 1.05. The molecule has 2 N–H and O–H groups in total.